The fourth-order valence-electron chi connectivity index (χ4n) is 3.02. The molecule has 29 heavy (non-hydrogen) atoms. The Labute approximate surface area is 171 Å². The van der Waals surface area contributed by atoms with Crippen LogP contribution in [-0.2, 0) is 26.2 Å². The summed E-state index contributed by atoms with van der Waals surface area (Å²) in [5.74, 6) is -0.671. The van der Waals surface area contributed by atoms with Gasteiger partial charge in [0.1, 0.15) is 5.54 Å². The third kappa shape index (κ3) is 5.13. The smallest absolute Gasteiger partial charge is 0.325 e. The highest BCUT2D eigenvalue weighted by Gasteiger charge is 2.43. The lowest BCUT2D eigenvalue weighted by atomic mass is 10.1. The van der Waals surface area contributed by atoms with Gasteiger partial charge in [0.15, 0.2) is 0 Å². The van der Waals surface area contributed by atoms with Gasteiger partial charge in [0.2, 0.25) is 15.9 Å². The number of nitrogens with zero attached hydrogens (tertiary/aromatic N) is 2. The maximum absolute atomic E-state index is 12.5. The molecule has 1 aliphatic heterocycles. The van der Waals surface area contributed by atoms with Gasteiger partial charge in [-0.25, -0.2) is 13.2 Å². The Balaban J connectivity index is 1.88. The quantitative estimate of drug-likeness (QED) is 0.575. The molecule has 9 nitrogen and oxygen atoms in total. The van der Waals surface area contributed by atoms with Gasteiger partial charge < -0.3 is 10.6 Å². The van der Waals surface area contributed by atoms with Crippen molar-refractivity contribution in [2.24, 2.45) is 0 Å². The molecule has 1 heterocycles. The number of nitrogens with one attached hydrogen (secondary N) is 2. The summed E-state index contributed by atoms with van der Waals surface area (Å²) in [6, 6.07) is 5.83. The van der Waals surface area contributed by atoms with Crippen molar-refractivity contribution in [1.82, 2.24) is 19.8 Å². The van der Waals surface area contributed by atoms with Crippen LogP contribution in [-0.4, -0.2) is 60.6 Å². The molecule has 0 aliphatic carbocycles. The van der Waals surface area contributed by atoms with Crippen LogP contribution in [0.1, 0.15) is 39.7 Å². The van der Waals surface area contributed by atoms with E-state index in [2.05, 4.69) is 10.6 Å². The van der Waals surface area contributed by atoms with Crippen molar-refractivity contribution in [3.8, 4) is 0 Å². The lowest BCUT2D eigenvalue weighted by molar-refractivity contribution is -0.130. The molecule has 160 valence electrons. The molecular weight excluding hydrogens is 396 g/mol. The summed E-state index contributed by atoms with van der Waals surface area (Å²) >= 11 is 0. The second-order valence-corrected chi connectivity index (χ2v) is 9.21. The zero-order valence-electron chi connectivity index (χ0n) is 17.2. The number of rotatable bonds is 9. The SMILES string of the molecule is CCN(CC)S(=O)(=O)c1ccc(CNC(=O)CCN2C(=O)NC(C)(C)C2=O)cc1. The average Bonchev–Trinajstić information content (AvgIpc) is 2.86. The minimum Gasteiger partial charge on any atom is -0.352 e. The molecule has 0 unspecified atom stereocenters. The maximum atomic E-state index is 12.5. The van der Waals surface area contributed by atoms with E-state index in [1.165, 1.54) is 16.4 Å². The Kier molecular flexibility index (Phi) is 7.02. The molecule has 0 saturated carbocycles. The standard InChI is InChI=1S/C19H28N4O5S/c1-5-22(6-2)29(27,28)15-9-7-14(8-10-15)13-20-16(24)11-12-23-17(25)19(3,4)21-18(23)26/h7-10H,5-6,11-13H2,1-4H3,(H,20,24)(H,21,26). The van der Waals surface area contributed by atoms with Crippen LogP contribution in [0.4, 0.5) is 4.79 Å². The molecule has 1 aliphatic rings. The van der Waals surface area contributed by atoms with Gasteiger partial charge in [0.05, 0.1) is 4.90 Å². The van der Waals surface area contributed by atoms with Crippen molar-refractivity contribution in [2.45, 2.75) is 51.1 Å². The van der Waals surface area contributed by atoms with Crippen molar-refractivity contribution in [2.75, 3.05) is 19.6 Å². The summed E-state index contributed by atoms with van der Waals surface area (Å²) in [5.41, 5.74) is -0.214. The Morgan fingerprint density at radius 2 is 1.72 bits per heavy atom. The van der Waals surface area contributed by atoms with Gasteiger partial charge in [-0.05, 0) is 31.5 Å². The van der Waals surface area contributed by atoms with Gasteiger partial charge in [-0.2, -0.15) is 4.31 Å². The number of benzene rings is 1. The van der Waals surface area contributed by atoms with Crippen LogP contribution < -0.4 is 10.6 Å². The van der Waals surface area contributed by atoms with Crippen LogP contribution in [0, 0.1) is 0 Å². The first-order valence-corrected chi connectivity index (χ1v) is 11.0. The van der Waals surface area contributed by atoms with E-state index in [-0.39, 0.29) is 36.2 Å². The topological polar surface area (TPSA) is 116 Å². The first-order valence-electron chi connectivity index (χ1n) is 9.52. The highest BCUT2D eigenvalue weighted by atomic mass is 32.2. The average molecular weight is 425 g/mol. The molecule has 2 rings (SSSR count). The predicted molar refractivity (Wildman–Crippen MR) is 107 cm³/mol. The molecular formula is C19H28N4O5S. The number of hydrogen-bond acceptors (Lipinski definition) is 5. The number of sulfonamides is 1. The number of amides is 4. The van der Waals surface area contributed by atoms with Crippen LogP contribution in [0.15, 0.2) is 29.2 Å². The van der Waals surface area contributed by atoms with E-state index >= 15 is 0 Å². The minimum atomic E-state index is -3.52. The monoisotopic (exact) mass is 424 g/mol. The van der Waals surface area contributed by atoms with Gasteiger partial charge in [-0.15, -0.1) is 0 Å². The number of urea groups is 1. The fourth-order valence-corrected chi connectivity index (χ4v) is 4.47. The molecule has 2 N–H and O–H groups in total. The molecule has 0 atom stereocenters. The Morgan fingerprint density at radius 3 is 2.21 bits per heavy atom. The summed E-state index contributed by atoms with van der Waals surface area (Å²) in [7, 11) is -3.52. The molecule has 0 radical (unpaired) electrons. The molecule has 1 fully saturated rings. The molecule has 1 aromatic carbocycles. The normalized spacial score (nSPS) is 16.2. The van der Waals surface area contributed by atoms with Crippen molar-refractivity contribution < 1.29 is 22.8 Å². The van der Waals surface area contributed by atoms with Crippen molar-refractivity contribution in [3.63, 3.8) is 0 Å². The highest BCUT2D eigenvalue weighted by Crippen LogP contribution is 2.17. The van der Waals surface area contributed by atoms with E-state index < -0.39 is 21.6 Å². The first kappa shape index (κ1) is 22.8. The van der Waals surface area contributed by atoms with E-state index in [1.54, 1.807) is 39.8 Å². The van der Waals surface area contributed by atoms with Crippen LogP contribution in [0.5, 0.6) is 0 Å². The Morgan fingerprint density at radius 1 is 1.14 bits per heavy atom. The van der Waals surface area contributed by atoms with Crippen LogP contribution in [0.25, 0.3) is 0 Å². The van der Waals surface area contributed by atoms with Crippen molar-refractivity contribution in [3.05, 3.63) is 29.8 Å². The fraction of sp³-hybridized carbons (Fsp3) is 0.526. The van der Waals surface area contributed by atoms with Crippen LogP contribution >= 0.6 is 0 Å². The zero-order chi connectivity index (χ0) is 21.8. The summed E-state index contributed by atoms with van der Waals surface area (Å²) in [6.45, 7) is 7.79. The highest BCUT2D eigenvalue weighted by molar-refractivity contribution is 7.89. The summed E-state index contributed by atoms with van der Waals surface area (Å²) in [6.07, 6.45) is -0.0103. The molecule has 1 saturated heterocycles. The lowest BCUT2D eigenvalue weighted by Crippen LogP contribution is -2.40. The van der Waals surface area contributed by atoms with E-state index in [9.17, 15) is 22.8 Å². The third-order valence-corrected chi connectivity index (χ3v) is 6.83. The van der Waals surface area contributed by atoms with Crippen LogP contribution in [0.3, 0.4) is 0 Å². The maximum Gasteiger partial charge on any atom is 0.325 e. The number of imide groups is 1. The molecule has 0 bridgehead atoms. The van der Waals surface area contributed by atoms with E-state index in [1.807, 2.05) is 0 Å². The lowest BCUT2D eigenvalue weighted by Gasteiger charge is -2.18. The van der Waals surface area contributed by atoms with Gasteiger partial charge in [0, 0.05) is 32.6 Å². The number of carbonyl (C=O) groups is 3. The van der Waals surface area contributed by atoms with E-state index in [0.717, 1.165) is 10.5 Å². The summed E-state index contributed by atoms with van der Waals surface area (Å²) in [4.78, 5) is 37.2. The molecule has 1 aromatic rings. The molecule has 4 amide bonds. The third-order valence-electron chi connectivity index (χ3n) is 4.76. The Bertz CT molecular complexity index is 876. The largest absolute Gasteiger partial charge is 0.352 e. The second-order valence-electron chi connectivity index (χ2n) is 7.27. The van der Waals surface area contributed by atoms with Gasteiger partial charge >= 0.3 is 6.03 Å². The molecule has 10 heteroatoms. The van der Waals surface area contributed by atoms with Gasteiger partial charge in [0.25, 0.3) is 5.91 Å². The van der Waals surface area contributed by atoms with Crippen molar-refractivity contribution >= 4 is 27.9 Å². The first-order chi connectivity index (χ1) is 13.5. The second kappa shape index (κ2) is 8.91. The van der Waals surface area contributed by atoms with E-state index in [0.29, 0.717) is 13.1 Å². The van der Waals surface area contributed by atoms with Gasteiger partial charge in [-0.1, -0.05) is 26.0 Å². The van der Waals surface area contributed by atoms with Crippen LogP contribution in [0.2, 0.25) is 0 Å². The van der Waals surface area contributed by atoms with E-state index in [4.69, 9.17) is 0 Å². The number of hydrogen-bond donors (Lipinski definition) is 2. The molecule has 0 spiro atoms. The van der Waals surface area contributed by atoms with Gasteiger partial charge in [-0.3, -0.25) is 14.5 Å². The predicted octanol–water partition coefficient (Wildman–Crippen LogP) is 1.05. The molecule has 0 aromatic heterocycles. The minimum absolute atomic E-state index is 0.000974. The summed E-state index contributed by atoms with van der Waals surface area (Å²) < 4.78 is 26.3. The number of carbonyl (C=O) groups excluding carboxylic acids is 3. The Hall–Kier alpha value is -2.46. The summed E-state index contributed by atoms with van der Waals surface area (Å²) in [5, 5.41) is 5.27. The van der Waals surface area contributed by atoms with Crippen molar-refractivity contribution in [1.29, 1.82) is 0 Å². The zero-order valence-corrected chi connectivity index (χ0v) is 18.0.